The number of H-pyrrole nitrogens is 1. The standard InChI is InChI=1S/C11H9ClN6S/c12-9-3-1-2-8(6-9)7-14-16-10-15-11(18-17-10)19-5-4-13/h1-3,6-7H,5H2,(H2,15,16,17,18). The lowest BCUT2D eigenvalue weighted by Gasteiger charge is -1.94. The highest BCUT2D eigenvalue weighted by atomic mass is 35.5. The monoisotopic (exact) mass is 292 g/mol. The topological polar surface area (TPSA) is 89.8 Å². The van der Waals surface area contributed by atoms with Crippen molar-refractivity contribution < 1.29 is 0 Å². The third-order valence-electron chi connectivity index (χ3n) is 1.96. The van der Waals surface area contributed by atoms with Gasteiger partial charge in [-0.05, 0) is 17.7 Å². The van der Waals surface area contributed by atoms with E-state index in [1.165, 1.54) is 11.8 Å². The van der Waals surface area contributed by atoms with E-state index in [9.17, 15) is 0 Å². The van der Waals surface area contributed by atoms with E-state index in [1.807, 2.05) is 18.2 Å². The largest absolute Gasteiger partial charge is 0.246 e. The molecular weight excluding hydrogens is 284 g/mol. The number of anilines is 1. The molecule has 0 aliphatic rings. The van der Waals surface area contributed by atoms with Crippen molar-refractivity contribution in [3.8, 4) is 6.07 Å². The Morgan fingerprint density at radius 3 is 3.26 bits per heavy atom. The third kappa shape index (κ3) is 4.28. The molecule has 2 rings (SSSR count). The van der Waals surface area contributed by atoms with Crippen LogP contribution in [0.15, 0.2) is 34.5 Å². The Kier molecular flexibility index (Phi) is 4.78. The summed E-state index contributed by atoms with van der Waals surface area (Å²) >= 11 is 7.10. The smallest absolute Gasteiger partial charge is 0.240 e. The number of hydrogen-bond donors (Lipinski definition) is 2. The van der Waals surface area contributed by atoms with Gasteiger partial charge in [-0.2, -0.15) is 15.3 Å². The van der Waals surface area contributed by atoms with E-state index in [-0.39, 0.29) is 0 Å². The van der Waals surface area contributed by atoms with Crippen molar-refractivity contribution >= 4 is 35.5 Å². The van der Waals surface area contributed by atoms with Crippen LogP contribution < -0.4 is 5.43 Å². The van der Waals surface area contributed by atoms with E-state index in [1.54, 1.807) is 18.3 Å². The van der Waals surface area contributed by atoms with Gasteiger partial charge < -0.3 is 0 Å². The van der Waals surface area contributed by atoms with Gasteiger partial charge in [0.05, 0.1) is 18.0 Å². The molecule has 0 saturated heterocycles. The summed E-state index contributed by atoms with van der Waals surface area (Å²) < 4.78 is 0. The second kappa shape index (κ2) is 6.78. The maximum atomic E-state index is 8.44. The lowest BCUT2D eigenvalue weighted by Crippen LogP contribution is -1.92. The number of aromatic nitrogens is 3. The fourth-order valence-corrected chi connectivity index (χ4v) is 1.87. The second-order valence-electron chi connectivity index (χ2n) is 3.34. The van der Waals surface area contributed by atoms with Crippen molar-refractivity contribution in [1.29, 1.82) is 5.26 Å². The number of rotatable bonds is 5. The van der Waals surface area contributed by atoms with E-state index in [2.05, 4.69) is 25.7 Å². The van der Waals surface area contributed by atoms with Gasteiger partial charge in [0.25, 0.3) is 0 Å². The Labute approximate surface area is 118 Å². The molecule has 2 aromatic rings. The first kappa shape index (κ1) is 13.4. The number of nitriles is 1. The van der Waals surface area contributed by atoms with Crippen molar-refractivity contribution in [3.05, 3.63) is 34.9 Å². The zero-order chi connectivity index (χ0) is 13.5. The number of aromatic amines is 1. The molecule has 0 spiro atoms. The summed E-state index contributed by atoms with van der Waals surface area (Å²) in [5, 5.41) is 20.2. The summed E-state index contributed by atoms with van der Waals surface area (Å²) in [5.41, 5.74) is 3.58. The van der Waals surface area contributed by atoms with E-state index >= 15 is 0 Å². The second-order valence-corrected chi connectivity index (χ2v) is 4.72. The van der Waals surface area contributed by atoms with E-state index < -0.39 is 0 Å². The van der Waals surface area contributed by atoms with Gasteiger partial charge >= 0.3 is 0 Å². The van der Waals surface area contributed by atoms with Crippen LogP contribution in [0, 0.1) is 11.3 Å². The highest BCUT2D eigenvalue weighted by Gasteiger charge is 2.01. The molecule has 96 valence electrons. The van der Waals surface area contributed by atoms with Gasteiger partial charge in [-0.15, -0.1) is 5.10 Å². The molecule has 8 heteroatoms. The maximum Gasteiger partial charge on any atom is 0.240 e. The normalized spacial score (nSPS) is 10.5. The number of hydrogen-bond acceptors (Lipinski definition) is 6. The van der Waals surface area contributed by atoms with Crippen LogP contribution in [0.3, 0.4) is 0 Å². The lowest BCUT2D eigenvalue weighted by atomic mass is 10.2. The molecule has 1 heterocycles. The fourth-order valence-electron chi connectivity index (χ4n) is 1.21. The van der Waals surface area contributed by atoms with Crippen LogP contribution >= 0.6 is 23.4 Å². The van der Waals surface area contributed by atoms with Crippen LogP contribution in [0.25, 0.3) is 0 Å². The Hall–Kier alpha value is -2.04. The van der Waals surface area contributed by atoms with Crippen molar-refractivity contribution in [2.45, 2.75) is 5.16 Å². The Morgan fingerprint density at radius 1 is 1.58 bits per heavy atom. The first-order valence-electron chi connectivity index (χ1n) is 5.25. The number of nitrogens with zero attached hydrogens (tertiary/aromatic N) is 4. The molecule has 0 aliphatic carbocycles. The van der Waals surface area contributed by atoms with Crippen LogP contribution in [0.4, 0.5) is 5.95 Å². The molecule has 1 aromatic carbocycles. The maximum absolute atomic E-state index is 8.44. The van der Waals surface area contributed by atoms with E-state index in [4.69, 9.17) is 16.9 Å². The molecule has 19 heavy (non-hydrogen) atoms. The minimum Gasteiger partial charge on any atom is -0.246 e. The minimum absolute atomic E-state index is 0.309. The molecule has 0 saturated carbocycles. The predicted octanol–water partition coefficient (Wildman–Crippen LogP) is 2.52. The quantitative estimate of drug-likeness (QED) is 0.502. The Morgan fingerprint density at radius 2 is 2.47 bits per heavy atom. The van der Waals surface area contributed by atoms with Crippen LogP contribution in [-0.2, 0) is 0 Å². The highest BCUT2D eigenvalue weighted by Crippen LogP contribution is 2.13. The highest BCUT2D eigenvalue weighted by molar-refractivity contribution is 7.99. The SMILES string of the molecule is N#CCSc1n[nH]c(NN=Cc2cccc(Cl)c2)n1. The van der Waals surface area contributed by atoms with Gasteiger partial charge in [0.15, 0.2) is 0 Å². The molecule has 0 aliphatic heterocycles. The summed E-state index contributed by atoms with van der Waals surface area (Å²) in [6.07, 6.45) is 1.62. The molecule has 0 fully saturated rings. The van der Waals surface area contributed by atoms with Gasteiger partial charge in [0, 0.05) is 5.02 Å². The van der Waals surface area contributed by atoms with Crippen molar-refractivity contribution in [2.24, 2.45) is 5.10 Å². The average Bonchev–Trinajstić information content (AvgIpc) is 2.84. The van der Waals surface area contributed by atoms with Crippen molar-refractivity contribution in [3.63, 3.8) is 0 Å². The lowest BCUT2D eigenvalue weighted by molar-refractivity contribution is 0.975. The Bertz CT molecular complexity index is 618. The van der Waals surface area contributed by atoms with Gasteiger partial charge in [0.2, 0.25) is 11.1 Å². The molecule has 6 nitrogen and oxygen atoms in total. The number of halogens is 1. The molecule has 2 N–H and O–H groups in total. The van der Waals surface area contributed by atoms with Gasteiger partial charge in [-0.1, -0.05) is 35.5 Å². The molecular formula is C11H9ClN6S. The average molecular weight is 293 g/mol. The molecule has 1 aromatic heterocycles. The fraction of sp³-hybridized carbons (Fsp3) is 0.0909. The minimum atomic E-state index is 0.309. The van der Waals surface area contributed by atoms with Crippen LogP contribution in [0.2, 0.25) is 5.02 Å². The van der Waals surface area contributed by atoms with Crippen molar-refractivity contribution in [1.82, 2.24) is 15.2 Å². The molecule has 0 unspecified atom stereocenters. The third-order valence-corrected chi connectivity index (χ3v) is 2.91. The van der Waals surface area contributed by atoms with Crippen LogP contribution in [-0.4, -0.2) is 27.1 Å². The molecule has 0 radical (unpaired) electrons. The van der Waals surface area contributed by atoms with Crippen LogP contribution in [0.1, 0.15) is 5.56 Å². The molecule has 0 amide bonds. The summed E-state index contributed by atoms with van der Waals surface area (Å²) in [6, 6.07) is 9.31. The van der Waals surface area contributed by atoms with Gasteiger partial charge in [-0.25, -0.2) is 10.5 Å². The van der Waals surface area contributed by atoms with E-state index in [0.717, 1.165) is 5.56 Å². The summed E-state index contributed by atoms with van der Waals surface area (Å²) in [7, 11) is 0. The van der Waals surface area contributed by atoms with E-state index in [0.29, 0.717) is 21.9 Å². The zero-order valence-corrected chi connectivity index (χ0v) is 11.2. The number of nitrogens with one attached hydrogen (secondary N) is 2. The first-order chi connectivity index (χ1) is 9.28. The number of thioether (sulfide) groups is 1. The van der Waals surface area contributed by atoms with Crippen molar-refractivity contribution in [2.75, 3.05) is 11.2 Å². The Balaban J connectivity index is 1.91. The van der Waals surface area contributed by atoms with Crippen LogP contribution in [0.5, 0.6) is 0 Å². The molecule has 0 bridgehead atoms. The predicted molar refractivity (Wildman–Crippen MR) is 75.4 cm³/mol. The summed E-state index contributed by atoms with van der Waals surface area (Å²) in [4.78, 5) is 4.09. The molecule has 0 atom stereocenters. The van der Waals surface area contributed by atoms with Gasteiger partial charge in [0.1, 0.15) is 0 Å². The zero-order valence-electron chi connectivity index (χ0n) is 9.67. The van der Waals surface area contributed by atoms with Gasteiger partial charge in [-0.3, -0.25) is 0 Å². The first-order valence-corrected chi connectivity index (χ1v) is 6.61. The number of benzene rings is 1. The number of hydrazone groups is 1. The summed E-state index contributed by atoms with van der Waals surface area (Å²) in [5.74, 6) is 0.724. The summed E-state index contributed by atoms with van der Waals surface area (Å²) in [6.45, 7) is 0.